The van der Waals surface area contributed by atoms with Gasteiger partial charge in [-0.1, -0.05) is 0 Å². The predicted octanol–water partition coefficient (Wildman–Crippen LogP) is 2.92. The van der Waals surface area contributed by atoms with Crippen LogP contribution < -0.4 is 5.32 Å². The molecular weight excluding hydrogens is 336 g/mol. The van der Waals surface area contributed by atoms with Gasteiger partial charge in [0.2, 0.25) is 0 Å². The average molecular weight is 358 g/mol. The minimum Gasteiger partial charge on any atom is -0.468 e. The summed E-state index contributed by atoms with van der Waals surface area (Å²) in [4.78, 5) is 25.3. The molecule has 0 radical (unpaired) electrons. The molecule has 0 amide bonds. The highest BCUT2D eigenvalue weighted by Gasteiger charge is 2.39. The summed E-state index contributed by atoms with van der Waals surface area (Å²) >= 11 is 0. The van der Waals surface area contributed by atoms with E-state index in [1.807, 2.05) is 6.07 Å². The van der Waals surface area contributed by atoms with Crippen LogP contribution in [0.1, 0.15) is 45.8 Å². The Kier molecular flexibility index (Phi) is 6.23. The van der Waals surface area contributed by atoms with Gasteiger partial charge in [-0.25, -0.2) is 9.59 Å². The van der Waals surface area contributed by atoms with Crippen LogP contribution in [0.3, 0.4) is 0 Å². The lowest BCUT2D eigenvalue weighted by molar-refractivity contribution is -0.143. The van der Waals surface area contributed by atoms with Gasteiger partial charge in [-0.2, -0.15) is 5.26 Å². The first-order valence-electron chi connectivity index (χ1n) is 8.33. The molecule has 2 rings (SSSR count). The van der Waals surface area contributed by atoms with Crippen LogP contribution in [0.2, 0.25) is 0 Å². The molecule has 1 atom stereocenters. The summed E-state index contributed by atoms with van der Waals surface area (Å²) in [5.41, 5.74) is 1.71. The van der Waals surface area contributed by atoms with Crippen LogP contribution in [-0.2, 0) is 19.1 Å². The molecule has 1 N–H and O–H groups in total. The maximum absolute atomic E-state index is 12.7. The lowest BCUT2D eigenvalue weighted by atomic mass is 9.83. The van der Waals surface area contributed by atoms with E-state index in [4.69, 9.17) is 19.2 Å². The van der Waals surface area contributed by atoms with E-state index in [0.29, 0.717) is 22.7 Å². The fourth-order valence-electron chi connectivity index (χ4n) is 2.82. The molecule has 2 heterocycles. The van der Waals surface area contributed by atoms with Crippen molar-refractivity contribution in [2.24, 2.45) is 0 Å². The van der Waals surface area contributed by atoms with Gasteiger partial charge in [-0.15, -0.1) is 0 Å². The van der Waals surface area contributed by atoms with Crippen molar-refractivity contribution in [3.63, 3.8) is 0 Å². The monoisotopic (exact) mass is 358 g/mol. The number of ether oxygens (including phenoxy) is 2. The normalized spacial score (nSPS) is 17.0. The maximum atomic E-state index is 12.7. The van der Waals surface area contributed by atoms with E-state index in [1.165, 1.54) is 6.26 Å². The first-order valence-corrected chi connectivity index (χ1v) is 8.33. The summed E-state index contributed by atoms with van der Waals surface area (Å²) in [6.45, 7) is 6.96. The lowest BCUT2D eigenvalue weighted by Crippen LogP contribution is -2.33. The maximum Gasteiger partial charge on any atom is 0.337 e. The molecule has 0 fully saturated rings. The minimum absolute atomic E-state index is 0.0224. The highest BCUT2D eigenvalue weighted by Crippen LogP contribution is 2.39. The number of allylic oxidation sites excluding steroid dienone is 2. The molecule has 1 unspecified atom stereocenters. The number of carbonyl (C=O) groups is 2. The molecule has 1 aromatic heterocycles. The third-order valence-electron chi connectivity index (χ3n) is 3.82. The van der Waals surface area contributed by atoms with Gasteiger partial charge in [0.25, 0.3) is 0 Å². The van der Waals surface area contributed by atoms with E-state index in [9.17, 15) is 9.59 Å². The molecule has 26 heavy (non-hydrogen) atoms. The van der Waals surface area contributed by atoms with E-state index < -0.39 is 17.9 Å². The summed E-state index contributed by atoms with van der Waals surface area (Å²) in [7, 11) is 0. The molecule has 7 heteroatoms. The summed E-state index contributed by atoms with van der Waals surface area (Å²) in [6, 6.07) is 5.30. The highest BCUT2D eigenvalue weighted by atomic mass is 16.5. The minimum atomic E-state index is -0.743. The third kappa shape index (κ3) is 4.14. The second-order valence-corrected chi connectivity index (χ2v) is 6.15. The number of hydrogen-bond donors (Lipinski definition) is 1. The van der Waals surface area contributed by atoms with Crippen molar-refractivity contribution in [2.45, 2.75) is 46.1 Å². The molecule has 1 aliphatic rings. The molecule has 0 saturated heterocycles. The van der Waals surface area contributed by atoms with Crippen molar-refractivity contribution < 1.29 is 23.5 Å². The van der Waals surface area contributed by atoms with Crippen molar-refractivity contribution in [2.75, 3.05) is 6.61 Å². The standard InChI is InChI=1S/C19H22N2O5/c1-11(2)26-19(23)16-13(4)21-12(3)15(18(22)25-10-6-8-20)17(16)14-7-5-9-24-14/h5,7,9,11,17,21H,6,10H2,1-4H3. The fraction of sp³-hybridized carbons (Fsp3) is 0.421. The van der Waals surface area contributed by atoms with Crippen molar-refractivity contribution in [3.8, 4) is 6.07 Å². The predicted molar refractivity (Wildman–Crippen MR) is 92.4 cm³/mol. The Balaban J connectivity index is 2.46. The Morgan fingerprint density at radius 1 is 1.27 bits per heavy atom. The summed E-state index contributed by atoms with van der Waals surface area (Å²) < 4.78 is 16.0. The Hall–Kier alpha value is -3.01. The highest BCUT2D eigenvalue weighted by molar-refractivity contribution is 5.99. The quantitative estimate of drug-likeness (QED) is 0.616. The smallest absolute Gasteiger partial charge is 0.337 e. The average Bonchev–Trinajstić information content (AvgIpc) is 3.07. The molecule has 0 aromatic carbocycles. The zero-order valence-corrected chi connectivity index (χ0v) is 15.3. The second-order valence-electron chi connectivity index (χ2n) is 6.15. The van der Waals surface area contributed by atoms with E-state index in [0.717, 1.165) is 0 Å². The first kappa shape index (κ1) is 19.3. The Morgan fingerprint density at radius 2 is 1.92 bits per heavy atom. The number of carbonyl (C=O) groups excluding carboxylic acids is 2. The molecule has 1 aliphatic heterocycles. The van der Waals surface area contributed by atoms with Gasteiger partial charge >= 0.3 is 11.9 Å². The van der Waals surface area contributed by atoms with Gasteiger partial charge in [0.05, 0.1) is 41.9 Å². The molecule has 0 saturated carbocycles. The van der Waals surface area contributed by atoms with E-state index in [2.05, 4.69) is 5.32 Å². The molecule has 7 nitrogen and oxygen atoms in total. The number of nitrogens with one attached hydrogen (secondary N) is 1. The fourth-order valence-corrected chi connectivity index (χ4v) is 2.82. The van der Waals surface area contributed by atoms with Crippen LogP contribution in [0.15, 0.2) is 45.4 Å². The van der Waals surface area contributed by atoms with E-state index >= 15 is 0 Å². The zero-order chi connectivity index (χ0) is 19.3. The number of esters is 2. The summed E-state index contributed by atoms with van der Waals surface area (Å²) in [6.07, 6.45) is 1.26. The SMILES string of the molecule is CC1=C(C(=O)OCCC#N)C(c2ccco2)C(C(=O)OC(C)C)=C(C)N1. The molecule has 0 aliphatic carbocycles. The van der Waals surface area contributed by atoms with Gasteiger partial charge in [0, 0.05) is 11.4 Å². The van der Waals surface area contributed by atoms with Crippen LogP contribution in [0, 0.1) is 11.3 Å². The Labute approximate surface area is 152 Å². The van der Waals surface area contributed by atoms with E-state index in [-0.39, 0.29) is 24.7 Å². The van der Waals surface area contributed by atoms with Crippen LogP contribution in [0.4, 0.5) is 0 Å². The number of hydrogen-bond acceptors (Lipinski definition) is 7. The van der Waals surface area contributed by atoms with Gasteiger partial charge in [0.15, 0.2) is 0 Å². The number of rotatable bonds is 6. The number of nitrogens with zero attached hydrogens (tertiary/aromatic N) is 1. The number of furan rings is 1. The van der Waals surface area contributed by atoms with Crippen molar-refractivity contribution in [1.82, 2.24) is 5.32 Å². The summed E-state index contributed by atoms with van der Waals surface area (Å²) in [5.74, 6) is -1.43. The molecule has 0 spiro atoms. The molecule has 1 aromatic rings. The first-order chi connectivity index (χ1) is 12.4. The van der Waals surface area contributed by atoms with Crippen molar-refractivity contribution in [1.29, 1.82) is 5.26 Å². The van der Waals surface area contributed by atoms with Crippen LogP contribution in [0.5, 0.6) is 0 Å². The van der Waals surface area contributed by atoms with Crippen LogP contribution >= 0.6 is 0 Å². The topological polar surface area (TPSA) is 102 Å². The van der Waals surface area contributed by atoms with Gasteiger partial charge in [-0.05, 0) is 39.8 Å². The second kappa shape index (κ2) is 8.39. The van der Waals surface area contributed by atoms with E-state index in [1.54, 1.807) is 39.8 Å². The Morgan fingerprint density at radius 3 is 2.46 bits per heavy atom. The molecule has 138 valence electrons. The van der Waals surface area contributed by atoms with Crippen LogP contribution in [-0.4, -0.2) is 24.6 Å². The number of dihydropyridines is 1. The Bertz CT molecular complexity index is 781. The molecule has 0 bridgehead atoms. The third-order valence-corrected chi connectivity index (χ3v) is 3.82. The molecular formula is C19H22N2O5. The lowest BCUT2D eigenvalue weighted by Gasteiger charge is -2.29. The summed E-state index contributed by atoms with van der Waals surface area (Å²) in [5, 5.41) is 11.7. The van der Waals surface area contributed by atoms with Gasteiger partial charge in [0.1, 0.15) is 12.4 Å². The van der Waals surface area contributed by atoms with Gasteiger partial charge in [-0.3, -0.25) is 0 Å². The number of nitriles is 1. The zero-order valence-electron chi connectivity index (χ0n) is 15.3. The largest absolute Gasteiger partial charge is 0.468 e. The van der Waals surface area contributed by atoms with Crippen molar-refractivity contribution in [3.05, 3.63) is 46.7 Å². The van der Waals surface area contributed by atoms with Crippen molar-refractivity contribution >= 4 is 11.9 Å². The van der Waals surface area contributed by atoms with Crippen LogP contribution in [0.25, 0.3) is 0 Å². The van der Waals surface area contributed by atoms with Gasteiger partial charge < -0.3 is 19.2 Å².